The summed E-state index contributed by atoms with van der Waals surface area (Å²) in [6.07, 6.45) is 1.52. The van der Waals surface area contributed by atoms with Crippen LogP contribution in [0, 0.1) is 6.92 Å². The van der Waals surface area contributed by atoms with Crippen LogP contribution in [-0.4, -0.2) is 36.1 Å². The number of rotatable bonds is 7. The molecule has 0 aliphatic carbocycles. The van der Waals surface area contributed by atoms with Crippen molar-refractivity contribution < 1.29 is 14.3 Å². The number of carbonyl (C=O) groups excluding carboxylic acids is 1. The molecular formula is C30H26N4O3. The molecule has 0 aliphatic heterocycles. The van der Waals surface area contributed by atoms with Crippen LogP contribution >= 0.6 is 0 Å². The maximum Gasteiger partial charge on any atom is 0.291 e. The molecule has 1 amide bonds. The molecule has 1 N–H and O–H groups in total. The predicted molar refractivity (Wildman–Crippen MR) is 146 cm³/mol. The molecule has 0 saturated heterocycles. The molecule has 0 atom stereocenters. The number of para-hydroxylation sites is 1. The van der Waals surface area contributed by atoms with E-state index in [1.165, 1.54) is 6.21 Å². The number of hydrogen-bond acceptors (Lipinski definition) is 5. The normalized spacial score (nSPS) is 11.1. The summed E-state index contributed by atoms with van der Waals surface area (Å²) in [6, 6.07) is 29.4. The van der Waals surface area contributed by atoms with Crippen molar-refractivity contribution in [3.05, 3.63) is 108 Å². The van der Waals surface area contributed by atoms with Crippen LogP contribution in [0.3, 0.4) is 0 Å². The Balaban J connectivity index is 1.53. The second-order valence-electron chi connectivity index (χ2n) is 8.45. The molecule has 4 aromatic carbocycles. The average molecular weight is 491 g/mol. The molecule has 37 heavy (non-hydrogen) atoms. The minimum Gasteiger partial charge on any atom is -0.497 e. The Hall–Kier alpha value is -4.91. The lowest BCUT2D eigenvalue weighted by Crippen LogP contribution is -2.18. The van der Waals surface area contributed by atoms with Gasteiger partial charge in [-0.05, 0) is 53.6 Å². The Labute approximate surface area is 215 Å². The molecule has 1 heterocycles. The monoisotopic (exact) mass is 490 g/mol. The summed E-state index contributed by atoms with van der Waals surface area (Å²) < 4.78 is 12.5. The first-order valence-corrected chi connectivity index (χ1v) is 11.8. The van der Waals surface area contributed by atoms with Crippen molar-refractivity contribution in [3.63, 3.8) is 0 Å². The Morgan fingerprint density at radius 2 is 1.70 bits per heavy atom. The van der Waals surface area contributed by atoms with Crippen LogP contribution in [0.2, 0.25) is 0 Å². The Morgan fingerprint density at radius 3 is 2.51 bits per heavy atom. The largest absolute Gasteiger partial charge is 0.497 e. The van der Waals surface area contributed by atoms with Crippen molar-refractivity contribution in [2.75, 3.05) is 14.2 Å². The van der Waals surface area contributed by atoms with Crippen LogP contribution in [0.4, 0.5) is 0 Å². The number of fused-ring (bicyclic) bond motifs is 1. The average Bonchev–Trinajstić information content (AvgIpc) is 3.38. The standard InChI is InChI=1S/C30H26N4O3/c1-20-9-4-7-14-27(20)34-28(25-13-8-11-21-10-5-6-12-24(21)25)18-26(33-34)30(35)32-31-19-22-17-23(36-2)15-16-29(22)37-3/h4-19H,1-3H3,(H,32,35)/b31-19-. The number of aryl methyl sites for hydroxylation is 1. The van der Waals surface area contributed by atoms with Gasteiger partial charge in [0.05, 0.1) is 31.8 Å². The highest BCUT2D eigenvalue weighted by Gasteiger charge is 2.19. The summed E-state index contributed by atoms with van der Waals surface area (Å²) in [7, 11) is 3.16. The molecule has 184 valence electrons. The van der Waals surface area contributed by atoms with E-state index in [0.29, 0.717) is 17.1 Å². The van der Waals surface area contributed by atoms with Crippen LogP contribution < -0.4 is 14.9 Å². The van der Waals surface area contributed by atoms with E-state index in [2.05, 4.69) is 28.7 Å². The molecule has 0 saturated carbocycles. The third-order valence-electron chi connectivity index (χ3n) is 6.16. The van der Waals surface area contributed by atoms with E-state index in [4.69, 9.17) is 14.6 Å². The van der Waals surface area contributed by atoms with Crippen molar-refractivity contribution in [2.24, 2.45) is 5.10 Å². The van der Waals surface area contributed by atoms with Crippen molar-refractivity contribution in [1.82, 2.24) is 15.2 Å². The Morgan fingerprint density at radius 1 is 0.919 bits per heavy atom. The van der Waals surface area contributed by atoms with E-state index in [0.717, 1.165) is 33.3 Å². The lowest BCUT2D eigenvalue weighted by atomic mass is 10.0. The van der Waals surface area contributed by atoms with Gasteiger partial charge < -0.3 is 9.47 Å². The predicted octanol–water partition coefficient (Wildman–Crippen LogP) is 5.78. The van der Waals surface area contributed by atoms with E-state index in [-0.39, 0.29) is 5.69 Å². The Bertz CT molecular complexity index is 1620. The maximum atomic E-state index is 13.1. The molecule has 0 aliphatic rings. The molecule has 0 spiro atoms. The van der Waals surface area contributed by atoms with Gasteiger partial charge in [0.25, 0.3) is 5.91 Å². The molecule has 0 unspecified atom stereocenters. The topological polar surface area (TPSA) is 77.7 Å². The van der Waals surface area contributed by atoms with Gasteiger partial charge in [-0.2, -0.15) is 10.2 Å². The first-order chi connectivity index (χ1) is 18.1. The van der Waals surface area contributed by atoms with E-state index >= 15 is 0 Å². The van der Waals surface area contributed by atoms with Crippen molar-refractivity contribution in [2.45, 2.75) is 6.92 Å². The summed E-state index contributed by atoms with van der Waals surface area (Å²) in [5, 5.41) is 11.0. The molecule has 0 radical (unpaired) electrons. The summed E-state index contributed by atoms with van der Waals surface area (Å²) >= 11 is 0. The lowest BCUT2D eigenvalue weighted by Gasteiger charge is -2.12. The zero-order chi connectivity index (χ0) is 25.8. The van der Waals surface area contributed by atoms with Crippen LogP contribution in [0.25, 0.3) is 27.7 Å². The van der Waals surface area contributed by atoms with Gasteiger partial charge in [-0.1, -0.05) is 60.7 Å². The number of nitrogens with one attached hydrogen (secondary N) is 1. The zero-order valence-corrected chi connectivity index (χ0v) is 20.8. The van der Waals surface area contributed by atoms with Crippen LogP contribution in [0.1, 0.15) is 21.6 Å². The third kappa shape index (κ3) is 4.79. The van der Waals surface area contributed by atoms with Gasteiger partial charge in [-0.25, -0.2) is 10.1 Å². The summed E-state index contributed by atoms with van der Waals surface area (Å²) in [4.78, 5) is 13.1. The third-order valence-corrected chi connectivity index (χ3v) is 6.16. The number of hydrogen-bond donors (Lipinski definition) is 1. The number of carbonyl (C=O) groups is 1. The quantitative estimate of drug-likeness (QED) is 0.232. The maximum absolute atomic E-state index is 13.1. The van der Waals surface area contributed by atoms with E-state index in [1.54, 1.807) is 38.5 Å². The van der Waals surface area contributed by atoms with E-state index < -0.39 is 5.91 Å². The second kappa shape index (κ2) is 10.4. The lowest BCUT2D eigenvalue weighted by molar-refractivity contribution is 0.0949. The highest BCUT2D eigenvalue weighted by atomic mass is 16.5. The van der Waals surface area contributed by atoms with Crippen LogP contribution in [0.5, 0.6) is 11.5 Å². The van der Waals surface area contributed by atoms with Crippen molar-refractivity contribution in [3.8, 4) is 28.4 Å². The van der Waals surface area contributed by atoms with Gasteiger partial charge in [0, 0.05) is 11.1 Å². The van der Waals surface area contributed by atoms with E-state index in [1.807, 2.05) is 60.1 Å². The van der Waals surface area contributed by atoms with E-state index in [9.17, 15) is 4.79 Å². The van der Waals surface area contributed by atoms with Crippen LogP contribution in [0.15, 0.2) is 96.1 Å². The number of ether oxygens (including phenoxy) is 2. The van der Waals surface area contributed by atoms with Crippen LogP contribution in [-0.2, 0) is 0 Å². The molecule has 7 heteroatoms. The molecule has 0 bridgehead atoms. The molecule has 5 rings (SSSR count). The van der Waals surface area contributed by atoms with Gasteiger partial charge in [0.15, 0.2) is 5.69 Å². The van der Waals surface area contributed by atoms with Crippen molar-refractivity contribution in [1.29, 1.82) is 0 Å². The smallest absolute Gasteiger partial charge is 0.291 e. The van der Waals surface area contributed by atoms with Gasteiger partial charge in [0.2, 0.25) is 0 Å². The van der Waals surface area contributed by atoms with Gasteiger partial charge in [0.1, 0.15) is 11.5 Å². The zero-order valence-electron chi connectivity index (χ0n) is 20.8. The molecule has 7 nitrogen and oxygen atoms in total. The summed E-state index contributed by atoms with van der Waals surface area (Å²) in [6.45, 7) is 2.02. The molecule has 1 aromatic heterocycles. The highest BCUT2D eigenvalue weighted by molar-refractivity contribution is 5.99. The molecule has 0 fully saturated rings. The van der Waals surface area contributed by atoms with Gasteiger partial charge in [-0.3, -0.25) is 4.79 Å². The minimum atomic E-state index is -0.424. The fraction of sp³-hybridized carbons (Fsp3) is 0.100. The number of amides is 1. The summed E-state index contributed by atoms with van der Waals surface area (Å²) in [5.41, 5.74) is 7.25. The Kier molecular flexibility index (Phi) is 6.68. The number of aromatic nitrogens is 2. The number of methoxy groups -OCH3 is 2. The molecule has 5 aromatic rings. The van der Waals surface area contributed by atoms with Gasteiger partial charge in [-0.15, -0.1) is 0 Å². The fourth-order valence-corrected chi connectivity index (χ4v) is 4.28. The number of benzene rings is 4. The SMILES string of the molecule is COc1ccc(OC)c(/C=N\NC(=O)c2cc(-c3cccc4ccccc34)n(-c3ccccc3C)n2)c1. The number of nitrogens with zero attached hydrogens (tertiary/aromatic N) is 3. The fourth-order valence-electron chi connectivity index (χ4n) is 4.28. The number of hydrazone groups is 1. The summed E-state index contributed by atoms with van der Waals surface area (Å²) in [5.74, 6) is 0.845. The molecular weight excluding hydrogens is 464 g/mol. The highest BCUT2D eigenvalue weighted by Crippen LogP contribution is 2.31. The minimum absolute atomic E-state index is 0.251. The van der Waals surface area contributed by atoms with Gasteiger partial charge >= 0.3 is 0 Å². The van der Waals surface area contributed by atoms with Crippen molar-refractivity contribution >= 4 is 22.9 Å². The first-order valence-electron chi connectivity index (χ1n) is 11.8. The second-order valence-corrected chi connectivity index (χ2v) is 8.45. The first kappa shape index (κ1) is 23.8.